The summed E-state index contributed by atoms with van der Waals surface area (Å²) in [4.78, 5) is 0. The van der Waals surface area contributed by atoms with E-state index in [1.807, 2.05) is 0 Å². The maximum absolute atomic E-state index is 13.1. The van der Waals surface area contributed by atoms with Crippen molar-refractivity contribution >= 4 is 7.14 Å². The van der Waals surface area contributed by atoms with Crippen LogP contribution in [0.5, 0.6) is 0 Å². The van der Waals surface area contributed by atoms with Crippen molar-refractivity contribution < 1.29 is 4.57 Å². The number of hydrogen-bond acceptors (Lipinski definition) is 1. The Bertz CT molecular complexity index is 211. The lowest BCUT2D eigenvalue weighted by Crippen LogP contribution is -2.15. The summed E-state index contributed by atoms with van der Waals surface area (Å²) in [5, 5.41) is 0. The number of rotatable bonds is 10. The SMILES string of the molecule is CCCCCCCP(=O)(C(C)CC)C(C)CC. The molecule has 0 heterocycles. The van der Waals surface area contributed by atoms with Crippen LogP contribution >= 0.6 is 7.14 Å². The molecular formula is C15H33OP. The van der Waals surface area contributed by atoms with Crippen LogP contribution < -0.4 is 0 Å². The Morgan fingerprint density at radius 2 is 1.29 bits per heavy atom. The fourth-order valence-electron chi connectivity index (χ4n) is 2.46. The lowest BCUT2D eigenvalue weighted by atomic mass is 10.2. The van der Waals surface area contributed by atoms with Crippen LogP contribution in [0, 0.1) is 0 Å². The molecule has 2 heteroatoms. The zero-order valence-corrected chi connectivity index (χ0v) is 13.6. The molecule has 0 aromatic heterocycles. The molecule has 0 aromatic carbocycles. The van der Waals surface area contributed by atoms with Crippen LogP contribution in [-0.4, -0.2) is 17.5 Å². The molecule has 1 nitrogen and oxygen atoms in total. The zero-order valence-electron chi connectivity index (χ0n) is 12.7. The van der Waals surface area contributed by atoms with Gasteiger partial charge in [0, 0.05) is 17.5 Å². The minimum Gasteiger partial charge on any atom is -0.323 e. The Hall–Kier alpha value is 0.230. The summed E-state index contributed by atoms with van der Waals surface area (Å²) in [6, 6.07) is 0. The maximum atomic E-state index is 13.1. The van der Waals surface area contributed by atoms with Crippen molar-refractivity contribution in [3.05, 3.63) is 0 Å². The lowest BCUT2D eigenvalue weighted by Gasteiger charge is -2.29. The molecule has 2 unspecified atom stereocenters. The molecule has 0 aromatic rings. The normalized spacial score (nSPS) is 18.6. The predicted octanol–water partition coefficient (Wildman–Crippen LogP) is 5.92. The van der Waals surface area contributed by atoms with E-state index < -0.39 is 7.14 Å². The van der Waals surface area contributed by atoms with E-state index >= 15 is 0 Å². The van der Waals surface area contributed by atoms with Crippen molar-refractivity contribution in [3.63, 3.8) is 0 Å². The quantitative estimate of drug-likeness (QED) is 0.352. The van der Waals surface area contributed by atoms with Gasteiger partial charge in [0.2, 0.25) is 0 Å². The first-order valence-corrected chi connectivity index (χ1v) is 9.64. The summed E-state index contributed by atoms with van der Waals surface area (Å²) in [6.45, 7) is 11.0. The van der Waals surface area contributed by atoms with Crippen molar-refractivity contribution in [1.82, 2.24) is 0 Å². The van der Waals surface area contributed by atoms with Gasteiger partial charge in [-0.2, -0.15) is 0 Å². The van der Waals surface area contributed by atoms with Crippen molar-refractivity contribution in [2.24, 2.45) is 0 Å². The largest absolute Gasteiger partial charge is 0.323 e. The first kappa shape index (κ1) is 17.2. The van der Waals surface area contributed by atoms with Gasteiger partial charge in [0.05, 0.1) is 7.14 Å². The Balaban J connectivity index is 4.26. The van der Waals surface area contributed by atoms with E-state index in [2.05, 4.69) is 34.6 Å². The summed E-state index contributed by atoms with van der Waals surface area (Å²) in [7, 11) is -1.95. The highest BCUT2D eigenvalue weighted by Gasteiger charge is 2.32. The smallest absolute Gasteiger partial charge is 0.0930 e. The van der Waals surface area contributed by atoms with Gasteiger partial charge in [0.25, 0.3) is 0 Å². The summed E-state index contributed by atoms with van der Waals surface area (Å²) in [5.41, 5.74) is 0.840. The average Bonchev–Trinajstić information content (AvgIpc) is 2.36. The second-order valence-corrected chi connectivity index (χ2v) is 9.43. The number of hydrogen-bond donors (Lipinski definition) is 0. The molecule has 0 N–H and O–H groups in total. The number of unbranched alkanes of at least 4 members (excludes halogenated alkanes) is 4. The van der Waals surface area contributed by atoms with E-state index in [9.17, 15) is 4.57 Å². The van der Waals surface area contributed by atoms with E-state index in [4.69, 9.17) is 0 Å². The van der Waals surface area contributed by atoms with E-state index in [0.717, 1.165) is 19.0 Å². The third kappa shape index (κ3) is 5.60. The molecular weight excluding hydrogens is 227 g/mol. The molecule has 0 aliphatic heterocycles. The predicted molar refractivity (Wildman–Crippen MR) is 80.7 cm³/mol. The van der Waals surface area contributed by atoms with Gasteiger partial charge in [-0.1, -0.05) is 60.3 Å². The molecule has 0 aliphatic carbocycles. The standard InChI is InChI=1S/C15H33OP/c1-6-9-10-11-12-13-17(16,14(4)7-2)15(5)8-3/h14-15H,6-13H2,1-5H3. The highest BCUT2D eigenvalue weighted by molar-refractivity contribution is 7.65. The zero-order chi connectivity index (χ0) is 13.3. The first-order chi connectivity index (χ1) is 8.02. The van der Waals surface area contributed by atoms with Gasteiger partial charge in [0.15, 0.2) is 0 Å². The Morgan fingerprint density at radius 3 is 1.71 bits per heavy atom. The first-order valence-electron chi connectivity index (χ1n) is 7.61. The molecule has 0 radical (unpaired) electrons. The van der Waals surface area contributed by atoms with Gasteiger partial charge in [-0.25, -0.2) is 0 Å². The summed E-state index contributed by atoms with van der Waals surface area (Å²) >= 11 is 0. The fraction of sp³-hybridized carbons (Fsp3) is 1.00. The third-order valence-corrected chi connectivity index (χ3v) is 9.01. The van der Waals surface area contributed by atoms with Crippen LogP contribution in [0.1, 0.15) is 79.6 Å². The second-order valence-electron chi connectivity index (χ2n) is 5.51. The Kier molecular flexibility index (Phi) is 9.32. The Morgan fingerprint density at radius 1 is 0.824 bits per heavy atom. The highest BCUT2D eigenvalue weighted by Crippen LogP contribution is 2.57. The lowest BCUT2D eigenvalue weighted by molar-refractivity contribution is 0.546. The molecule has 0 bridgehead atoms. The molecule has 0 saturated carbocycles. The van der Waals surface area contributed by atoms with Crippen LogP contribution in [0.4, 0.5) is 0 Å². The minimum absolute atomic E-state index is 0.420. The van der Waals surface area contributed by atoms with Crippen molar-refractivity contribution in [3.8, 4) is 0 Å². The third-order valence-electron chi connectivity index (χ3n) is 4.28. The van der Waals surface area contributed by atoms with Gasteiger partial charge in [-0.05, 0) is 19.3 Å². The fourth-order valence-corrected chi connectivity index (χ4v) is 6.16. The molecule has 0 rings (SSSR count). The van der Waals surface area contributed by atoms with Crippen LogP contribution in [0.3, 0.4) is 0 Å². The molecule has 0 amide bonds. The monoisotopic (exact) mass is 260 g/mol. The second kappa shape index (κ2) is 9.20. The Labute approximate surface area is 109 Å². The van der Waals surface area contributed by atoms with Crippen LogP contribution in [-0.2, 0) is 4.57 Å². The molecule has 0 saturated heterocycles. The van der Waals surface area contributed by atoms with Crippen molar-refractivity contribution in [2.45, 2.75) is 90.9 Å². The summed E-state index contributed by atoms with van der Waals surface area (Å²) < 4.78 is 13.1. The average molecular weight is 260 g/mol. The molecule has 0 aliphatic rings. The van der Waals surface area contributed by atoms with Crippen LogP contribution in [0.2, 0.25) is 0 Å². The van der Waals surface area contributed by atoms with Crippen molar-refractivity contribution in [2.75, 3.05) is 6.16 Å². The van der Waals surface area contributed by atoms with Crippen LogP contribution in [0.15, 0.2) is 0 Å². The minimum atomic E-state index is -1.95. The molecule has 0 spiro atoms. The van der Waals surface area contributed by atoms with Gasteiger partial charge >= 0.3 is 0 Å². The van der Waals surface area contributed by atoms with E-state index in [-0.39, 0.29) is 0 Å². The molecule has 0 fully saturated rings. The van der Waals surface area contributed by atoms with Gasteiger partial charge in [-0.15, -0.1) is 0 Å². The van der Waals surface area contributed by atoms with Gasteiger partial charge in [-0.3, -0.25) is 0 Å². The highest BCUT2D eigenvalue weighted by atomic mass is 31.2. The van der Waals surface area contributed by atoms with E-state index in [1.165, 1.54) is 32.1 Å². The van der Waals surface area contributed by atoms with E-state index in [1.54, 1.807) is 0 Å². The van der Waals surface area contributed by atoms with Gasteiger partial charge < -0.3 is 4.57 Å². The molecule has 104 valence electrons. The van der Waals surface area contributed by atoms with E-state index in [0.29, 0.717) is 11.3 Å². The summed E-state index contributed by atoms with van der Waals surface area (Å²) in [5.74, 6) is 0. The van der Waals surface area contributed by atoms with Crippen molar-refractivity contribution in [1.29, 1.82) is 0 Å². The molecule has 17 heavy (non-hydrogen) atoms. The maximum Gasteiger partial charge on any atom is 0.0930 e. The molecule has 2 atom stereocenters. The topological polar surface area (TPSA) is 17.1 Å². The summed E-state index contributed by atoms with van der Waals surface area (Å²) in [6.07, 6.45) is 9.49. The van der Waals surface area contributed by atoms with Gasteiger partial charge in [0.1, 0.15) is 0 Å². The van der Waals surface area contributed by atoms with Crippen LogP contribution in [0.25, 0.3) is 0 Å².